The number of benzene rings is 1. The lowest BCUT2D eigenvalue weighted by molar-refractivity contribution is 0.307. The van der Waals surface area contributed by atoms with Crippen LogP contribution < -0.4 is 10.1 Å². The van der Waals surface area contributed by atoms with E-state index in [4.69, 9.17) is 4.74 Å². The van der Waals surface area contributed by atoms with Crippen LogP contribution in [-0.2, 0) is 0 Å². The van der Waals surface area contributed by atoms with Gasteiger partial charge in [0, 0.05) is 25.0 Å². The predicted molar refractivity (Wildman–Crippen MR) is 72.6 cm³/mol. The molecule has 0 aliphatic rings. The van der Waals surface area contributed by atoms with Gasteiger partial charge in [-0.1, -0.05) is 24.3 Å². The van der Waals surface area contributed by atoms with Crippen molar-refractivity contribution in [2.45, 2.75) is 13.0 Å². The molecule has 1 heterocycles. The molecule has 1 aromatic heterocycles. The lowest BCUT2D eigenvalue weighted by atomic mass is 10.1. The first kappa shape index (κ1) is 12.6. The molecule has 3 heteroatoms. The van der Waals surface area contributed by atoms with Crippen molar-refractivity contribution < 1.29 is 4.74 Å². The van der Waals surface area contributed by atoms with Crippen molar-refractivity contribution in [1.82, 2.24) is 10.3 Å². The summed E-state index contributed by atoms with van der Waals surface area (Å²) in [6.45, 7) is 3.60. The Labute approximate surface area is 108 Å². The maximum Gasteiger partial charge on any atom is 0.119 e. The van der Waals surface area contributed by atoms with Gasteiger partial charge < -0.3 is 10.1 Å². The molecule has 2 rings (SSSR count). The summed E-state index contributed by atoms with van der Waals surface area (Å²) in [5.41, 5.74) is 1.19. The minimum Gasteiger partial charge on any atom is -0.492 e. The summed E-state index contributed by atoms with van der Waals surface area (Å²) in [6.07, 6.45) is 3.67. The summed E-state index contributed by atoms with van der Waals surface area (Å²) in [7, 11) is 0. The zero-order valence-electron chi connectivity index (χ0n) is 10.5. The van der Waals surface area contributed by atoms with Crippen LogP contribution in [0.4, 0.5) is 0 Å². The molecule has 94 valence electrons. The zero-order valence-corrected chi connectivity index (χ0v) is 10.5. The predicted octanol–water partition coefficient (Wildman–Crippen LogP) is 2.81. The lowest BCUT2D eigenvalue weighted by Crippen LogP contribution is -2.24. The van der Waals surface area contributed by atoms with Crippen LogP contribution in [0.15, 0.2) is 54.9 Å². The highest BCUT2D eigenvalue weighted by atomic mass is 16.5. The van der Waals surface area contributed by atoms with E-state index in [0.29, 0.717) is 6.61 Å². The third kappa shape index (κ3) is 3.86. The van der Waals surface area contributed by atoms with Gasteiger partial charge in [-0.25, -0.2) is 0 Å². The van der Waals surface area contributed by atoms with Crippen LogP contribution >= 0.6 is 0 Å². The molecule has 0 bridgehead atoms. The van der Waals surface area contributed by atoms with E-state index in [0.717, 1.165) is 12.3 Å². The lowest BCUT2D eigenvalue weighted by Gasteiger charge is -2.14. The zero-order chi connectivity index (χ0) is 12.6. The molecule has 0 aliphatic heterocycles. The molecule has 18 heavy (non-hydrogen) atoms. The normalized spacial score (nSPS) is 12.1. The van der Waals surface area contributed by atoms with E-state index in [9.17, 15) is 0 Å². The van der Waals surface area contributed by atoms with Crippen LogP contribution in [0.25, 0.3) is 0 Å². The van der Waals surface area contributed by atoms with Crippen LogP contribution in [0.5, 0.6) is 5.75 Å². The first-order valence-corrected chi connectivity index (χ1v) is 6.17. The fourth-order valence-corrected chi connectivity index (χ4v) is 1.71. The van der Waals surface area contributed by atoms with Crippen LogP contribution in [0.3, 0.4) is 0 Å². The molecule has 0 amide bonds. The second-order valence-corrected chi connectivity index (χ2v) is 4.12. The number of para-hydroxylation sites is 1. The molecule has 1 aromatic carbocycles. The summed E-state index contributed by atoms with van der Waals surface area (Å²) in [4.78, 5) is 4.11. The number of pyridine rings is 1. The van der Waals surface area contributed by atoms with E-state index < -0.39 is 0 Å². The molecule has 0 unspecified atom stereocenters. The van der Waals surface area contributed by atoms with Gasteiger partial charge in [-0.3, -0.25) is 4.98 Å². The number of nitrogens with one attached hydrogen (secondary N) is 1. The van der Waals surface area contributed by atoms with Crippen LogP contribution in [-0.4, -0.2) is 18.1 Å². The highest BCUT2D eigenvalue weighted by molar-refractivity contribution is 5.20. The SMILES string of the molecule is C[C@H](NCCOc1ccccc1)c1cccnc1. The second-order valence-electron chi connectivity index (χ2n) is 4.12. The standard InChI is InChI=1S/C15H18N2O/c1-13(14-6-5-9-16-12-14)17-10-11-18-15-7-3-2-4-8-15/h2-9,12-13,17H,10-11H2,1H3/t13-/m0/s1. The molecule has 3 nitrogen and oxygen atoms in total. The second kappa shape index (κ2) is 6.77. The third-order valence-corrected chi connectivity index (χ3v) is 2.75. The molecule has 1 N–H and O–H groups in total. The summed E-state index contributed by atoms with van der Waals surface area (Å²) in [5, 5.41) is 3.40. The van der Waals surface area contributed by atoms with Gasteiger partial charge in [0.15, 0.2) is 0 Å². The Morgan fingerprint density at radius 3 is 2.72 bits per heavy atom. The van der Waals surface area contributed by atoms with Crippen molar-refractivity contribution >= 4 is 0 Å². The van der Waals surface area contributed by atoms with Gasteiger partial charge in [-0.15, -0.1) is 0 Å². The van der Waals surface area contributed by atoms with Crippen LogP contribution in [0, 0.1) is 0 Å². The van der Waals surface area contributed by atoms with Crippen molar-refractivity contribution in [2.24, 2.45) is 0 Å². The van der Waals surface area contributed by atoms with Gasteiger partial charge in [0.1, 0.15) is 12.4 Å². The van der Waals surface area contributed by atoms with Gasteiger partial charge in [0.05, 0.1) is 0 Å². The largest absolute Gasteiger partial charge is 0.492 e. The average molecular weight is 242 g/mol. The highest BCUT2D eigenvalue weighted by Gasteiger charge is 2.03. The number of hydrogen-bond donors (Lipinski definition) is 1. The van der Waals surface area contributed by atoms with E-state index in [1.165, 1.54) is 5.56 Å². The molecule has 0 saturated carbocycles. The highest BCUT2D eigenvalue weighted by Crippen LogP contribution is 2.10. The Morgan fingerprint density at radius 2 is 2.00 bits per heavy atom. The quantitative estimate of drug-likeness (QED) is 0.791. The molecule has 1 atom stereocenters. The number of aromatic nitrogens is 1. The van der Waals surface area contributed by atoms with E-state index in [1.54, 1.807) is 6.20 Å². The Morgan fingerprint density at radius 1 is 1.17 bits per heavy atom. The first-order chi connectivity index (χ1) is 8.86. The van der Waals surface area contributed by atoms with Gasteiger partial charge in [0.2, 0.25) is 0 Å². The monoisotopic (exact) mass is 242 g/mol. The molecule has 2 aromatic rings. The molecular weight excluding hydrogens is 224 g/mol. The van der Waals surface area contributed by atoms with E-state index in [-0.39, 0.29) is 6.04 Å². The Bertz CT molecular complexity index is 445. The minimum absolute atomic E-state index is 0.290. The molecule has 0 spiro atoms. The smallest absolute Gasteiger partial charge is 0.119 e. The molecular formula is C15H18N2O. The fraction of sp³-hybridized carbons (Fsp3) is 0.267. The number of ether oxygens (including phenoxy) is 1. The molecule has 0 aliphatic carbocycles. The maximum atomic E-state index is 5.61. The summed E-state index contributed by atoms with van der Waals surface area (Å²) < 4.78 is 5.61. The topological polar surface area (TPSA) is 34.1 Å². The van der Waals surface area contributed by atoms with E-state index in [1.807, 2.05) is 42.6 Å². The Hall–Kier alpha value is -1.87. The van der Waals surface area contributed by atoms with Crippen molar-refractivity contribution in [2.75, 3.05) is 13.2 Å². The van der Waals surface area contributed by atoms with Crippen molar-refractivity contribution in [1.29, 1.82) is 0 Å². The van der Waals surface area contributed by atoms with Gasteiger partial charge in [-0.05, 0) is 30.7 Å². The van der Waals surface area contributed by atoms with Crippen LogP contribution in [0.1, 0.15) is 18.5 Å². The van der Waals surface area contributed by atoms with Gasteiger partial charge in [0.25, 0.3) is 0 Å². The minimum atomic E-state index is 0.290. The van der Waals surface area contributed by atoms with Crippen molar-refractivity contribution in [3.05, 3.63) is 60.4 Å². The molecule has 0 saturated heterocycles. The molecule has 0 fully saturated rings. The van der Waals surface area contributed by atoms with E-state index >= 15 is 0 Å². The maximum absolute atomic E-state index is 5.61. The van der Waals surface area contributed by atoms with E-state index in [2.05, 4.69) is 23.3 Å². The van der Waals surface area contributed by atoms with Gasteiger partial charge in [-0.2, -0.15) is 0 Å². The van der Waals surface area contributed by atoms with Crippen LogP contribution in [0.2, 0.25) is 0 Å². The number of rotatable bonds is 6. The average Bonchev–Trinajstić information content (AvgIpc) is 2.45. The summed E-state index contributed by atoms with van der Waals surface area (Å²) in [6, 6.07) is 14.2. The fourth-order valence-electron chi connectivity index (χ4n) is 1.71. The number of hydrogen-bond acceptors (Lipinski definition) is 3. The summed E-state index contributed by atoms with van der Waals surface area (Å²) in [5.74, 6) is 0.910. The van der Waals surface area contributed by atoms with Crippen molar-refractivity contribution in [3.63, 3.8) is 0 Å². The molecule has 0 radical (unpaired) electrons. The van der Waals surface area contributed by atoms with Gasteiger partial charge >= 0.3 is 0 Å². The summed E-state index contributed by atoms with van der Waals surface area (Å²) >= 11 is 0. The number of nitrogens with zero attached hydrogens (tertiary/aromatic N) is 1. The Kier molecular flexibility index (Phi) is 4.73. The Balaban J connectivity index is 1.70. The third-order valence-electron chi connectivity index (χ3n) is 2.75. The first-order valence-electron chi connectivity index (χ1n) is 6.17. The van der Waals surface area contributed by atoms with Crippen molar-refractivity contribution in [3.8, 4) is 5.75 Å².